The molecule has 19 heteroatoms. The molecule has 0 aliphatic carbocycles. The van der Waals surface area contributed by atoms with E-state index in [4.69, 9.17) is 16.3 Å². The second-order valence-corrected chi connectivity index (χ2v) is 18.5. The maximum absolute atomic E-state index is 17.2. The van der Waals surface area contributed by atoms with Gasteiger partial charge in [0.05, 0.1) is 45.3 Å². The largest absolute Gasteiger partial charge is 0.465 e. The molecule has 280 valence electrons. The quantitative estimate of drug-likeness (QED) is 0.205. The summed E-state index contributed by atoms with van der Waals surface area (Å²) in [5, 5.41) is 11.3. The van der Waals surface area contributed by atoms with Crippen molar-refractivity contribution in [3.05, 3.63) is 40.3 Å². The van der Waals surface area contributed by atoms with Gasteiger partial charge in [0, 0.05) is 35.7 Å². The lowest BCUT2D eigenvalue weighted by molar-refractivity contribution is 0.0635. The molecule has 3 aliphatic heterocycles. The Labute approximate surface area is 309 Å². The van der Waals surface area contributed by atoms with Gasteiger partial charge in [0.15, 0.2) is 25.8 Å². The lowest BCUT2D eigenvalue weighted by Gasteiger charge is -2.56. The highest BCUT2D eigenvalue weighted by molar-refractivity contribution is 7.91. The summed E-state index contributed by atoms with van der Waals surface area (Å²) in [7, 11) is -4.20. The number of nitrogens with zero attached hydrogens (tertiary/aromatic N) is 5. The number of carbonyl (C=O) groups excluding carboxylic acids is 2. The minimum Gasteiger partial charge on any atom is -0.465 e. The number of sulfone groups is 1. The number of hydrogen-bond acceptors (Lipinski definition) is 11. The number of hydrogen-bond donors (Lipinski definition) is 2. The first-order valence-corrected chi connectivity index (χ1v) is 19.1. The van der Waals surface area contributed by atoms with E-state index < -0.39 is 90.0 Å². The van der Waals surface area contributed by atoms with Crippen LogP contribution in [-0.4, -0.2) is 89.6 Å². The molecule has 0 spiro atoms. The molecule has 1 saturated heterocycles. The fourth-order valence-electron chi connectivity index (χ4n) is 7.15. The van der Waals surface area contributed by atoms with Gasteiger partial charge >= 0.3 is 12.2 Å². The van der Waals surface area contributed by atoms with Crippen LogP contribution < -0.4 is 15.1 Å². The summed E-state index contributed by atoms with van der Waals surface area (Å²) in [6, 6.07) is 0.153. The summed E-state index contributed by atoms with van der Waals surface area (Å²) in [5.74, 6) is -2.14. The molecule has 3 aliphatic rings. The SMILES string of the molecule is CC(C)(C)OC(=O)Nc1nc2c(-c3c(Cl)cc4c5c6c(nc4c3F)S(=O)(=O)CCN6C(=C=O)[C@H]3CN(C(=O)O)CC(C(C)(C)C)N53)c(F)cc(F)c2s1. The van der Waals surface area contributed by atoms with Crippen LogP contribution >= 0.6 is 22.9 Å². The van der Waals surface area contributed by atoms with Crippen LogP contribution in [0.15, 0.2) is 22.9 Å². The van der Waals surface area contributed by atoms with E-state index in [0.717, 1.165) is 0 Å². The Hall–Kier alpha value is -4.64. The first-order chi connectivity index (χ1) is 24.6. The minimum atomic E-state index is -4.20. The van der Waals surface area contributed by atoms with Gasteiger partial charge in [-0.25, -0.2) is 45.9 Å². The minimum absolute atomic E-state index is 0.00621. The molecule has 0 bridgehead atoms. The maximum Gasteiger partial charge on any atom is 0.413 e. The zero-order valence-corrected chi connectivity index (χ0v) is 31.5. The van der Waals surface area contributed by atoms with Crippen molar-refractivity contribution in [3.8, 4) is 11.1 Å². The number of aromatic nitrogens is 2. The van der Waals surface area contributed by atoms with Crippen molar-refractivity contribution in [3.63, 3.8) is 0 Å². The van der Waals surface area contributed by atoms with Crippen LogP contribution in [0.2, 0.25) is 5.02 Å². The Morgan fingerprint density at radius 2 is 1.74 bits per heavy atom. The number of anilines is 3. The first-order valence-electron chi connectivity index (χ1n) is 16.3. The van der Waals surface area contributed by atoms with Gasteiger partial charge in [0.25, 0.3) is 0 Å². The van der Waals surface area contributed by atoms with Crippen molar-refractivity contribution in [1.82, 2.24) is 14.9 Å². The van der Waals surface area contributed by atoms with Gasteiger partial charge in [-0.15, -0.1) is 0 Å². The number of carboxylic acid groups (broad SMARTS) is 1. The predicted octanol–water partition coefficient (Wildman–Crippen LogP) is 6.84. The average Bonchev–Trinajstić information content (AvgIpc) is 3.45. The summed E-state index contributed by atoms with van der Waals surface area (Å²) < 4.78 is 80.7. The highest BCUT2D eigenvalue weighted by Gasteiger charge is 2.52. The van der Waals surface area contributed by atoms with Crippen LogP contribution in [0.5, 0.6) is 0 Å². The number of benzene rings is 2. The number of fused-ring (bicyclic) bond motifs is 5. The molecule has 1 fully saturated rings. The molecule has 7 rings (SSSR count). The Balaban J connectivity index is 1.52. The third kappa shape index (κ3) is 5.91. The Kier molecular flexibility index (Phi) is 8.45. The van der Waals surface area contributed by atoms with E-state index >= 15 is 13.2 Å². The van der Waals surface area contributed by atoms with E-state index in [1.807, 2.05) is 26.7 Å². The van der Waals surface area contributed by atoms with Crippen molar-refractivity contribution in [1.29, 1.82) is 0 Å². The monoisotopic (exact) mass is 792 g/mol. The van der Waals surface area contributed by atoms with Gasteiger partial charge in [0.1, 0.15) is 40.1 Å². The highest BCUT2D eigenvalue weighted by Crippen LogP contribution is 2.54. The van der Waals surface area contributed by atoms with E-state index in [1.54, 1.807) is 25.7 Å². The Bertz CT molecular complexity index is 2460. The molecule has 5 heterocycles. The molecular formula is C34H32ClF3N6O7S2. The standard InChI is InChI=1S/C34H32ClF3N6O7S2/c1-33(2,3)20-12-42(32(47)48)11-18-19(13-45)43-7-8-53(49,50)29-27(43)26(44(18)20)14-9-15(35)21(23(38)24(14)39-29)22-16(36)10-17(37)28-25(22)40-30(52-28)41-31(46)51-34(4,5)6/h9-10,18,20H,7-8,11-12H2,1-6H3,(H,47,48)(H,40,41,46)/t18-,20?/m1/s1. The van der Waals surface area contributed by atoms with Gasteiger partial charge < -0.3 is 24.5 Å². The Morgan fingerprint density at radius 1 is 1.04 bits per heavy atom. The molecule has 53 heavy (non-hydrogen) atoms. The van der Waals surface area contributed by atoms with Crippen LogP contribution in [0, 0.1) is 22.9 Å². The summed E-state index contributed by atoms with van der Waals surface area (Å²) in [6.45, 7) is 9.99. The van der Waals surface area contributed by atoms with E-state index in [2.05, 4.69) is 15.3 Å². The van der Waals surface area contributed by atoms with Crippen molar-refractivity contribution >= 4 is 88.5 Å². The van der Waals surface area contributed by atoms with Crippen LogP contribution in [0.25, 0.3) is 32.2 Å². The highest BCUT2D eigenvalue weighted by atomic mass is 35.5. The molecule has 4 aromatic rings. The average molecular weight is 793 g/mol. The number of piperazine rings is 1. The molecule has 0 saturated carbocycles. The summed E-state index contributed by atoms with van der Waals surface area (Å²) >= 11 is 7.46. The van der Waals surface area contributed by atoms with Crippen LogP contribution in [0.1, 0.15) is 41.5 Å². The lowest BCUT2D eigenvalue weighted by Crippen LogP contribution is -2.67. The molecule has 13 nitrogen and oxygen atoms in total. The number of carbonyl (C=O) groups is 2. The second-order valence-electron chi connectivity index (χ2n) is 15.0. The van der Waals surface area contributed by atoms with Gasteiger partial charge in [0.2, 0.25) is 0 Å². The zero-order valence-electron chi connectivity index (χ0n) is 29.1. The van der Waals surface area contributed by atoms with Crippen molar-refractivity contribution < 1.29 is 45.8 Å². The molecule has 2 aromatic heterocycles. The topological polar surface area (TPSA) is 162 Å². The number of halogens is 4. The number of thiazole rings is 1. The maximum atomic E-state index is 17.2. The van der Waals surface area contributed by atoms with Crippen LogP contribution in [0.3, 0.4) is 0 Å². The Morgan fingerprint density at radius 3 is 2.36 bits per heavy atom. The number of nitrogens with one attached hydrogen (secondary N) is 1. The van der Waals surface area contributed by atoms with Crippen LogP contribution in [0.4, 0.5) is 39.3 Å². The summed E-state index contributed by atoms with van der Waals surface area (Å²) in [6.07, 6.45) is -2.15. The van der Waals surface area contributed by atoms with E-state index in [-0.39, 0.29) is 62.5 Å². The van der Waals surface area contributed by atoms with Gasteiger partial charge in [-0.1, -0.05) is 43.7 Å². The normalized spacial score (nSPS) is 19.6. The van der Waals surface area contributed by atoms with Crippen molar-refractivity contribution in [2.45, 2.75) is 64.3 Å². The number of ether oxygens (including phenoxy) is 1. The third-order valence-corrected chi connectivity index (χ3v) is 12.2. The molecular weight excluding hydrogens is 761 g/mol. The van der Waals surface area contributed by atoms with Crippen molar-refractivity contribution in [2.24, 2.45) is 5.41 Å². The number of amides is 2. The van der Waals surface area contributed by atoms with Crippen molar-refractivity contribution in [2.75, 3.05) is 40.5 Å². The second kappa shape index (κ2) is 12.2. The molecule has 2 atom stereocenters. The zero-order chi connectivity index (χ0) is 38.7. The predicted molar refractivity (Wildman–Crippen MR) is 193 cm³/mol. The fraction of sp³-hybridized carbons (Fsp3) is 0.412. The lowest BCUT2D eigenvalue weighted by atomic mass is 9.81. The molecule has 2 amide bonds. The van der Waals surface area contributed by atoms with E-state index in [0.29, 0.717) is 17.4 Å². The van der Waals surface area contributed by atoms with Gasteiger partial charge in [-0.2, -0.15) is 0 Å². The number of pyridine rings is 1. The van der Waals surface area contributed by atoms with Crippen LogP contribution in [-0.2, 0) is 19.4 Å². The summed E-state index contributed by atoms with van der Waals surface area (Å²) in [4.78, 5) is 50.2. The van der Waals surface area contributed by atoms with Gasteiger partial charge in [-0.3, -0.25) is 5.32 Å². The smallest absolute Gasteiger partial charge is 0.413 e. The molecule has 2 aromatic carbocycles. The molecule has 0 radical (unpaired) electrons. The number of rotatable bonds is 2. The summed E-state index contributed by atoms with van der Waals surface area (Å²) in [5.41, 5.74) is -3.50. The first kappa shape index (κ1) is 36.7. The third-order valence-electron chi connectivity index (χ3n) is 9.36. The fourth-order valence-corrected chi connectivity index (χ4v) is 9.65. The molecule has 1 unspecified atom stereocenters. The van der Waals surface area contributed by atoms with E-state index in [1.165, 1.54) is 15.9 Å². The van der Waals surface area contributed by atoms with E-state index in [9.17, 15) is 27.9 Å². The van der Waals surface area contributed by atoms with Gasteiger partial charge in [-0.05, 0) is 32.3 Å². The molecule has 2 N–H and O–H groups in total.